The van der Waals surface area contributed by atoms with Crippen molar-refractivity contribution in [1.29, 1.82) is 0 Å². The molecule has 3 fully saturated rings. The van der Waals surface area contributed by atoms with Crippen molar-refractivity contribution in [2.75, 3.05) is 32.8 Å². The van der Waals surface area contributed by atoms with Crippen LogP contribution in [0.4, 0.5) is 0 Å². The van der Waals surface area contributed by atoms with Gasteiger partial charge in [0.15, 0.2) is 5.79 Å². The smallest absolute Gasteiger partial charge is 0.242 e. The Labute approximate surface area is 123 Å². The highest BCUT2D eigenvalue weighted by molar-refractivity contribution is 6.04. The second-order valence-electron chi connectivity index (χ2n) is 6.60. The first-order valence-electron chi connectivity index (χ1n) is 7.19. The van der Waals surface area contributed by atoms with E-state index in [0.717, 1.165) is 4.90 Å². The first kappa shape index (κ1) is 14.5. The van der Waals surface area contributed by atoms with Gasteiger partial charge in [-0.3, -0.25) is 19.3 Å². The van der Waals surface area contributed by atoms with Gasteiger partial charge in [0, 0.05) is 25.9 Å². The number of rotatable bonds is 2. The molecular weight excluding hydrogens is 276 g/mol. The summed E-state index contributed by atoms with van der Waals surface area (Å²) >= 11 is 0. The topological polar surface area (TPSA) is 76.2 Å². The van der Waals surface area contributed by atoms with Gasteiger partial charge >= 0.3 is 0 Å². The van der Waals surface area contributed by atoms with Crippen LogP contribution in [-0.4, -0.2) is 66.2 Å². The van der Waals surface area contributed by atoms with Gasteiger partial charge in [0.1, 0.15) is 6.54 Å². The van der Waals surface area contributed by atoms with Gasteiger partial charge in [-0.2, -0.15) is 0 Å². The summed E-state index contributed by atoms with van der Waals surface area (Å²) in [4.78, 5) is 37.9. The number of likely N-dealkylation sites (tertiary alicyclic amines) is 2. The summed E-state index contributed by atoms with van der Waals surface area (Å²) in [6.07, 6.45) is 0.430. The largest absolute Gasteiger partial charge is 0.350 e. The van der Waals surface area contributed by atoms with Crippen LogP contribution in [0.1, 0.15) is 26.7 Å². The second kappa shape index (κ2) is 4.78. The minimum Gasteiger partial charge on any atom is -0.350 e. The molecule has 7 heteroatoms. The molecule has 0 aromatic heterocycles. The summed E-state index contributed by atoms with van der Waals surface area (Å²) in [6.45, 7) is 5.83. The van der Waals surface area contributed by atoms with Crippen LogP contribution in [0.5, 0.6) is 0 Å². The zero-order valence-electron chi connectivity index (χ0n) is 12.4. The number of hydrogen-bond donors (Lipinski definition) is 0. The van der Waals surface area contributed by atoms with Crippen molar-refractivity contribution >= 4 is 17.7 Å². The van der Waals surface area contributed by atoms with Gasteiger partial charge in [0.25, 0.3) is 0 Å². The van der Waals surface area contributed by atoms with Gasteiger partial charge in [-0.05, 0) is 13.8 Å². The van der Waals surface area contributed by atoms with Crippen LogP contribution in [0, 0.1) is 5.41 Å². The number of hydrogen-bond acceptors (Lipinski definition) is 5. The lowest BCUT2D eigenvalue weighted by Gasteiger charge is -2.54. The molecular formula is C14H20N2O5. The summed E-state index contributed by atoms with van der Waals surface area (Å²) < 4.78 is 11.3. The van der Waals surface area contributed by atoms with Crippen molar-refractivity contribution < 1.29 is 23.9 Å². The van der Waals surface area contributed by atoms with Crippen LogP contribution in [0.15, 0.2) is 0 Å². The molecule has 0 atom stereocenters. The average Bonchev–Trinajstić information content (AvgIpc) is 2.68. The van der Waals surface area contributed by atoms with E-state index in [1.807, 2.05) is 13.8 Å². The normalized spacial score (nSPS) is 27.1. The SMILES string of the molecule is CC1(C)OCC2(CO1)CN(C(=O)CN1C(=O)CCC1=O)C2. The van der Waals surface area contributed by atoms with E-state index in [4.69, 9.17) is 9.47 Å². The number of carbonyl (C=O) groups excluding carboxylic acids is 3. The van der Waals surface area contributed by atoms with Crippen molar-refractivity contribution in [3.05, 3.63) is 0 Å². The molecule has 1 spiro atoms. The molecule has 3 heterocycles. The van der Waals surface area contributed by atoms with Gasteiger partial charge in [0.05, 0.1) is 18.6 Å². The maximum absolute atomic E-state index is 12.1. The molecule has 3 aliphatic heterocycles. The van der Waals surface area contributed by atoms with E-state index in [-0.39, 0.29) is 42.5 Å². The maximum atomic E-state index is 12.1. The Bertz CT molecular complexity index is 468. The maximum Gasteiger partial charge on any atom is 0.242 e. The van der Waals surface area contributed by atoms with E-state index in [2.05, 4.69) is 0 Å². The minimum absolute atomic E-state index is 0.135. The van der Waals surface area contributed by atoms with Crippen molar-refractivity contribution in [2.24, 2.45) is 5.41 Å². The quantitative estimate of drug-likeness (QED) is 0.657. The van der Waals surface area contributed by atoms with Gasteiger partial charge in [-0.15, -0.1) is 0 Å². The molecule has 3 aliphatic rings. The highest BCUT2D eigenvalue weighted by atomic mass is 16.7. The van der Waals surface area contributed by atoms with Crippen LogP contribution in [0.25, 0.3) is 0 Å². The van der Waals surface area contributed by atoms with E-state index < -0.39 is 5.79 Å². The van der Waals surface area contributed by atoms with Crippen LogP contribution in [0.2, 0.25) is 0 Å². The zero-order chi connectivity index (χ0) is 15.3. The Morgan fingerprint density at radius 1 is 1.10 bits per heavy atom. The lowest BCUT2D eigenvalue weighted by atomic mass is 9.80. The molecule has 0 aromatic carbocycles. The first-order valence-corrected chi connectivity index (χ1v) is 7.19. The van der Waals surface area contributed by atoms with Crippen molar-refractivity contribution in [2.45, 2.75) is 32.5 Å². The lowest BCUT2D eigenvalue weighted by Crippen LogP contribution is -2.66. The predicted molar refractivity (Wildman–Crippen MR) is 71.0 cm³/mol. The minimum atomic E-state index is -0.565. The summed E-state index contributed by atoms with van der Waals surface area (Å²) in [5.74, 6) is -1.26. The van der Waals surface area contributed by atoms with Crippen LogP contribution < -0.4 is 0 Å². The fraction of sp³-hybridized carbons (Fsp3) is 0.786. The third kappa shape index (κ3) is 2.67. The van der Waals surface area contributed by atoms with Crippen molar-refractivity contribution in [3.63, 3.8) is 0 Å². The average molecular weight is 296 g/mol. The van der Waals surface area contributed by atoms with E-state index in [1.54, 1.807) is 4.90 Å². The Morgan fingerprint density at radius 2 is 1.62 bits per heavy atom. The molecule has 0 unspecified atom stereocenters. The number of imide groups is 1. The molecule has 7 nitrogen and oxygen atoms in total. The highest BCUT2D eigenvalue weighted by Crippen LogP contribution is 2.37. The predicted octanol–water partition coefficient (Wildman–Crippen LogP) is -0.253. The Kier molecular flexibility index (Phi) is 3.29. The van der Waals surface area contributed by atoms with E-state index in [9.17, 15) is 14.4 Å². The summed E-state index contributed by atoms with van der Waals surface area (Å²) in [5.41, 5.74) is -0.135. The Morgan fingerprint density at radius 3 is 2.14 bits per heavy atom. The Balaban J connectivity index is 1.51. The van der Waals surface area contributed by atoms with Gasteiger partial charge in [-0.25, -0.2) is 0 Å². The third-order valence-electron chi connectivity index (χ3n) is 4.31. The van der Waals surface area contributed by atoms with Gasteiger partial charge < -0.3 is 14.4 Å². The van der Waals surface area contributed by atoms with Crippen LogP contribution >= 0.6 is 0 Å². The molecule has 3 rings (SSSR count). The summed E-state index contributed by atoms with van der Waals surface area (Å²) in [6, 6.07) is 0. The molecule has 0 N–H and O–H groups in total. The molecule has 0 radical (unpaired) electrons. The third-order valence-corrected chi connectivity index (χ3v) is 4.31. The zero-order valence-corrected chi connectivity index (χ0v) is 12.4. The number of amides is 3. The molecule has 0 aromatic rings. The Hall–Kier alpha value is -1.47. The number of nitrogens with zero attached hydrogens (tertiary/aromatic N) is 2. The number of ether oxygens (including phenoxy) is 2. The monoisotopic (exact) mass is 296 g/mol. The lowest BCUT2D eigenvalue weighted by molar-refractivity contribution is -0.303. The van der Waals surface area contributed by atoms with E-state index >= 15 is 0 Å². The molecule has 3 saturated heterocycles. The van der Waals surface area contributed by atoms with Crippen molar-refractivity contribution in [3.8, 4) is 0 Å². The van der Waals surface area contributed by atoms with E-state index in [0.29, 0.717) is 26.3 Å². The first-order chi connectivity index (χ1) is 9.80. The summed E-state index contributed by atoms with van der Waals surface area (Å²) in [7, 11) is 0. The fourth-order valence-corrected chi connectivity index (χ4v) is 2.89. The van der Waals surface area contributed by atoms with Gasteiger partial charge in [0.2, 0.25) is 17.7 Å². The highest BCUT2D eigenvalue weighted by Gasteiger charge is 2.50. The van der Waals surface area contributed by atoms with Crippen molar-refractivity contribution in [1.82, 2.24) is 9.80 Å². The standard InChI is InChI=1S/C14H20N2O5/c1-13(2)20-8-14(9-21-13)6-15(7-14)12(19)5-16-10(17)3-4-11(16)18/h3-9H2,1-2H3. The molecule has 21 heavy (non-hydrogen) atoms. The van der Waals surface area contributed by atoms with E-state index in [1.165, 1.54) is 0 Å². The van der Waals surface area contributed by atoms with Crippen LogP contribution in [0.3, 0.4) is 0 Å². The molecule has 0 aliphatic carbocycles. The molecule has 116 valence electrons. The number of carbonyl (C=O) groups is 3. The van der Waals surface area contributed by atoms with Crippen LogP contribution in [-0.2, 0) is 23.9 Å². The second-order valence-corrected chi connectivity index (χ2v) is 6.60. The molecule has 0 bridgehead atoms. The summed E-state index contributed by atoms with van der Waals surface area (Å²) in [5, 5.41) is 0. The molecule has 0 saturated carbocycles. The fourth-order valence-electron chi connectivity index (χ4n) is 2.89. The molecule has 3 amide bonds. The van der Waals surface area contributed by atoms with Gasteiger partial charge in [-0.1, -0.05) is 0 Å².